The van der Waals surface area contributed by atoms with Crippen LogP contribution in [-0.4, -0.2) is 56.9 Å². The van der Waals surface area contributed by atoms with Crippen molar-refractivity contribution in [1.29, 1.82) is 0 Å². The van der Waals surface area contributed by atoms with Gasteiger partial charge in [0, 0.05) is 30.5 Å². The molecule has 1 amide bonds. The van der Waals surface area contributed by atoms with Crippen LogP contribution >= 0.6 is 11.8 Å². The largest absolute Gasteiger partial charge is 0.351 e. The van der Waals surface area contributed by atoms with Gasteiger partial charge in [-0.15, -0.1) is 16.8 Å². The average Bonchev–Trinajstić information content (AvgIpc) is 3.19. The Balaban J connectivity index is 1.72. The minimum atomic E-state index is -3.03. The molecule has 3 rings (SSSR count). The number of rotatable bonds is 7. The van der Waals surface area contributed by atoms with Crippen molar-refractivity contribution < 1.29 is 13.2 Å². The van der Waals surface area contributed by atoms with Crippen LogP contribution in [0.15, 0.2) is 42.3 Å². The molecule has 1 fully saturated rings. The molecule has 2 aromatic heterocycles. The molecule has 2 aromatic rings. The van der Waals surface area contributed by atoms with Gasteiger partial charge in [0.1, 0.15) is 0 Å². The van der Waals surface area contributed by atoms with Crippen molar-refractivity contribution in [2.24, 2.45) is 0 Å². The molecule has 0 radical (unpaired) electrons. The topological polar surface area (TPSA) is 107 Å². The summed E-state index contributed by atoms with van der Waals surface area (Å²) in [6.07, 6.45) is 5.59. The number of aromatic nitrogens is 4. The van der Waals surface area contributed by atoms with Crippen LogP contribution in [0.2, 0.25) is 0 Å². The lowest BCUT2D eigenvalue weighted by atomic mass is 10.2. The van der Waals surface area contributed by atoms with Gasteiger partial charge in [-0.05, 0) is 25.5 Å². The van der Waals surface area contributed by atoms with E-state index in [1.807, 2.05) is 16.7 Å². The van der Waals surface area contributed by atoms with Gasteiger partial charge < -0.3 is 5.32 Å². The molecule has 0 bridgehead atoms. The summed E-state index contributed by atoms with van der Waals surface area (Å²) in [5, 5.41) is 11.4. The fourth-order valence-electron chi connectivity index (χ4n) is 2.82. The molecule has 27 heavy (non-hydrogen) atoms. The fourth-order valence-corrected chi connectivity index (χ4v) is 5.36. The monoisotopic (exact) mass is 407 g/mol. The number of nitrogens with one attached hydrogen (secondary N) is 1. The zero-order chi connectivity index (χ0) is 19.4. The summed E-state index contributed by atoms with van der Waals surface area (Å²) in [6.45, 7) is 6.03. The molecule has 10 heteroatoms. The van der Waals surface area contributed by atoms with E-state index in [2.05, 4.69) is 27.1 Å². The summed E-state index contributed by atoms with van der Waals surface area (Å²) in [5.74, 6) is 0.577. The van der Waals surface area contributed by atoms with Crippen LogP contribution in [0.5, 0.6) is 0 Å². The van der Waals surface area contributed by atoms with E-state index in [9.17, 15) is 13.2 Å². The third-order valence-corrected chi connectivity index (χ3v) is 7.03. The van der Waals surface area contributed by atoms with Gasteiger partial charge in [-0.2, -0.15) is 0 Å². The lowest BCUT2D eigenvalue weighted by molar-refractivity contribution is -0.120. The van der Waals surface area contributed by atoms with E-state index in [1.54, 1.807) is 25.4 Å². The smallest absolute Gasteiger partial charge is 0.233 e. The molecule has 3 heterocycles. The predicted octanol–water partition coefficient (Wildman–Crippen LogP) is 1.31. The lowest BCUT2D eigenvalue weighted by Crippen LogP contribution is -2.40. The van der Waals surface area contributed by atoms with Gasteiger partial charge in [0.05, 0.1) is 16.8 Å². The lowest BCUT2D eigenvalue weighted by Gasteiger charge is -2.15. The highest BCUT2D eigenvalue weighted by atomic mass is 32.2. The fraction of sp³-hybridized carbons (Fsp3) is 0.412. The Bertz CT molecular complexity index is 927. The van der Waals surface area contributed by atoms with Crippen LogP contribution in [0.4, 0.5) is 0 Å². The number of amides is 1. The first-order valence-electron chi connectivity index (χ1n) is 8.51. The zero-order valence-electron chi connectivity index (χ0n) is 14.9. The van der Waals surface area contributed by atoms with Crippen molar-refractivity contribution in [2.75, 3.05) is 11.5 Å². The predicted molar refractivity (Wildman–Crippen MR) is 104 cm³/mol. The Morgan fingerprint density at radius 1 is 1.52 bits per heavy atom. The molecule has 1 N–H and O–H groups in total. The molecule has 8 nitrogen and oxygen atoms in total. The van der Waals surface area contributed by atoms with Gasteiger partial charge in [0.15, 0.2) is 20.8 Å². The van der Waals surface area contributed by atoms with Crippen molar-refractivity contribution in [3.8, 4) is 11.4 Å². The summed E-state index contributed by atoms with van der Waals surface area (Å²) in [7, 11) is -3.03. The second-order valence-electron chi connectivity index (χ2n) is 6.32. The number of hydrogen-bond donors (Lipinski definition) is 1. The molecule has 0 aromatic carbocycles. The summed E-state index contributed by atoms with van der Waals surface area (Å²) in [5.41, 5.74) is 0.826. The maximum Gasteiger partial charge on any atom is 0.233 e. The molecule has 0 spiro atoms. The van der Waals surface area contributed by atoms with Gasteiger partial charge >= 0.3 is 0 Å². The van der Waals surface area contributed by atoms with Crippen molar-refractivity contribution in [3.63, 3.8) is 0 Å². The highest BCUT2D eigenvalue weighted by molar-refractivity contribution is 8.00. The van der Waals surface area contributed by atoms with Gasteiger partial charge in [-0.1, -0.05) is 17.8 Å². The first-order chi connectivity index (χ1) is 12.9. The Kier molecular flexibility index (Phi) is 5.95. The van der Waals surface area contributed by atoms with Crippen LogP contribution in [0.25, 0.3) is 11.4 Å². The zero-order valence-corrected chi connectivity index (χ0v) is 16.5. The third kappa shape index (κ3) is 4.75. The van der Waals surface area contributed by atoms with Crippen LogP contribution < -0.4 is 5.32 Å². The van der Waals surface area contributed by atoms with Crippen molar-refractivity contribution in [2.45, 2.75) is 36.3 Å². The van der Waals surface area contributed by atoms with Crippen LogP contribution in [-0.2, 0) is 21.2 Å². The number of nitrogens with zero attached hydrogens (tertiary/aromatic N) is 4. The first kappa shape index (κ1) is 19.6. The third-order valence-electron chi connectivity index (χ3n) is 4.18. The standard InChI is InChI=1S/C17H21N5O3S2/c1-3-8-22-15(13-5-4-7-18-10-13)20-21-17(22)26-12(2)16(23)19-14-6-9-27(24,25)11-14/h3-5,7,10,12,14H,1,6,8-9,11H2,2H3,(H,19,23)/t12-,14+/m1/s1. The van der Waals surface area contributed by atoms with E-state index in [1.165, 1.54) is 11.8 Å². The highest BCUT2D eigenvalue weighted by Gasteiger charge is 2.30. The normalized spacial score (nSPS) is 19.5. The first-order valence-corrected chi connectivity index (χ1v) is 11.2. The van der Waals surface area contributed by atoms with Gasteiger partial charge in [-0.25, -0.2) is 8.42 Å². The Morgan fingerprint density at radius 3 is 2.96 bits per heavy atom. The molecule has 144 valence electrons. The second-order valence-corrected chi connectivity index (χ2v) is 9.85. The van der Waals surface area contributed by atoms with Crippen LogP contribution in [0.1, 0.15) is 13.3 Å². The molecule has 0 saturated carbocycles. The molecule has 1 aliphatic heterocycles. The van der Waals surface area contributed by atoms with E-state index >= 15 is 0 Å². The Morgan fingerprint density at radius 2 is 2.33 bits per heavy atom. The van der Waals surface area contributed by atoms with E-state index in [-0.39, 0.29) is 23.5 Å². The Labute approximate surface area is 162 Å². The van der Waals surface area contributed by atoms with E-state index < -0.39 is 15.1 Å². The highest BCUT2D eigenvalue weighted by Crippen LogP contribution is 2.27. The number of hydrogen-bond acceptors (Lipinski definition) is 7. The van der Waals surface area contributed by atoms with E-state index in [4.69, 9.17) is 0 Å². The molecule has 1 saturated heterocycles. The maximum atomic E-state index is 12.4. The molecule has 0 unspecified atom stereocenters. The quantitative estimate of drug-likeness (QED) is 0.545. The molecule has 0 aliphatic carbocycles. The molecular weight excluding hydrogens is 386 g/mol. The number of sulfone groups is 1. The second kappa shape index (κ2) is 8.22. The van der Waals surface area contributed by atoms with Crippen molar-refractivity contribution >= 4 is 27.5 Å². The molecule has 1 aliphatic rings. The number of pyridine rings is 1. The molecular formula is C17H21N5O3S2. The summed E-state index contributed by atoms with van der Waals surface area (Å²) >= 11 is 1.28. The van der Waals surface area contributed by atoms with Gasteiger partial charge in [-0.3, -0.25) is 14.3 Å². The number of carbonyl (C=O) groups is 1. The van der Waals surface area contributed by atoms with Gasteiger partial charge in [0.2, 0.25) is 5.91 Å². The minimum Gasteiger partial charge on any atom is -0.351 e. The van der Waals surface area contributed by atoms with E-state index in [0.717, 1.165) is 5.56 Å². The average molecular weight is 408 g/mol. The summed E-state index contributed by atoms with van der Waals surface area (Å²) < 4.78 is 25.0. The number of allylic oxidation sites excluding steroid dienone is 1. The van der Waals surface area contributed by atoms with Crippen LogP contribution in [0.3, 0.4) is 0 Å². The SMILES string of the molecule is C=CCn1c(S[C@H](C)C(=O)N[C@H]2CCS(=O)(=O)C2)nnc1-c1cccnc1. The minimum absolute atomic E-state index is 0.00787. The number of carbonyl (C=O) groups excluding carboxylic acids is 1. The van der Waals surface area contributed by atoms with Crippen molar-refractivity contribution in [3.05, 3.63) is 37.2 Å². The maximum absolute atomic E-state index is 12.4. The summed E-state index contributed by atoms with van der Waals surface area (Å²) in [4.78, 5) is 16.5. The van der Waals surface area contributed by atoms with Crippen molar-refractivity contribution in [1.82, 2.24) is 25.1 Å². The van der Waals surface area contributed by atoms with Crippen LogP contribution in [0, 0.1) is 0 Å². The summed E-state index contributed by atoms with van der Waals surface area (Å²) in [6, 6.07) is 3.39. The Hall–Kier alpha value is -2.20. The van der Waals surface area contributed by atoms with Gasteiger partial charge in [0.25, 0.3) is 0 Å². The number of thioether (sulfide) groups is 1. The van der Waals surface area contributed by atoms with E-state index in [0.29, 0.717) is 23.9 Å². The molecule has 2 atom stereocenters.